The molecule has 0 aliphatic rings. The summed E-state index contributed by atoms with van der Waals surface area (Å²) in [4.78, 5) is 0. The Balaban J connectivity index is 0. The number of rotatable bonds is 4. The average molecular weight is 178 g/mol. The highest BCUT2D eigenvalue weighted by Crippen LogP contribution is 1.85. The fourth-order valence-electron chi connectivity index (χ4n) is 0.514. The molecule has 0 amide bonds. The first-order chi connectivity index (χ1) is 6.33. The predicted molar refractivity (Wildman–Crippen MR) is 58.0 cm³/mol. The molecule has 0 atom stereocenters. The minimum atomic E-state index is 0.212. The van der Waals surface area contributed by atoms with E-state index < -0.39 is 0 Å². The molecular weight excluding hydrogens is 160 g/mol. The van der Waals surface area contributed by atoms with Gasteiger partial charge in [-0.1, -0.05) is 12.2 Å². The molecule has 0 bridgehead atoms. The second kappa shape index (κ2) is 17.1. The van der Waals surface area contributed by atoms with Gasteiger partial charge in [-0.2, -0.15) is 0 Å². The molecular formula is C12H18O. The molecule has 0 spiro atoms. The van der Waals surface area contributed by atoms with E-state index in [1.807, 2.05) is 13.0 Å². The van der Waals surface area contributed by atoms with Crippen molar-refractivity contribution in [3.8, 4) is 24.7 Å². The van der Waals surface area contributed by atoms with Crippen LogP contribution >= 0.6 is 0 Å². The predicted octanol–water partition coefficient (Wildman–Crippen LogP) is 2.37. The minimum absolute atomic E-state index is 0.212. The molecule has 0 aromatic rings. The third-order valence-corrected chi connectivity index (χ3v) is 1.17. The third kappa shape index (κ3) is 24.8. The zero-order valence-electron chi connectivity index (χ0n) is 8.29. The van der Waals surface area contributed by atoms with Gasteiger partial charge in [0.1, 0.15) is 0 Å². The first kappa shape index (κ1) is 14.3. The van der Waals surface area contributed by atoms with Crippen molar-refractivity contribution in [3.05, 3.63) is 12.2 Å². The molecule has 1 N–H and O–H groups in total. The van der Waals surface area contributed by atoms with E-state index in [0.717, 1.165) is 19.3 Å². The lowest BCUT2D eigenvalue weighted by Crippen LogP contribution is -1.77. The van der Waals surface area contributed by atoms with Crippen molar-refractivity contribution in [2.24, 2.45) is 0 Å². The highest BCUT2D eigenvalue weighted by atomic mass is 16.2. The molecule has 0 saturated carbocycles. The van der Waals surface area contributed by atoms with Gasteiger partial charge in [-0.3, -0.25) is 0 Å². The molecule has 0 fully saturated rings. The van der Waals surface area contributed by atoms with Crippen LogP contribution in [0.4, 0.5) is 0 Å². The van der Waals surface area contributed by atoms with Crippen molar-refractivity contribution in [1.82, 2.24) is 0 Å². The number of hydrogen-bond acceptors (Lipinski definition) is 1. The van der Waals surface area contributed by atoms with E-state index in [0.29, 0.717) is 6.42 Å². The Kier molecular flexibility index (Phi) is 18.8. The molecule has 0 aliphatic carbocycles. The standard InChI is InChI=1S/C7H10.C5H8O/c1-3-5-7-6-4-2;1-2-3-4-5-6/h1,4,6H,5,7H2,2H3;1,6H,3-5H2/b6-4+;. The molecule has 0 radical (unpaired) electrons. The number of aliphatic hydroxyl groups excluding tert-OH is 1. The summed E-state index contributed by atoms with van der Waals surface area (Å²) in [7, 11) is 0. The smallest absolute Gasteiger partial charge is 0.0440 e. The first-order valence-corrected chi connectivity index (χ1v) is 4.42. The van der Waals surface area contributed by atoms with E-state index in [2.05, 4.69) is 17.9 Å². The maximum Gasteiger partial charge on any atom is 0.0440 e. The summed E-state index contributed by atoms with van der Waals surface area (Å²) in [5.41, 5.74) is 0. The van der Waals surface area contributed by atoms with Gasteiger partial charge in [-0.05, 0) is 19.8 Å². The van der Waals surface area contributed by atoms with Gasteiger partial charge in [0, 0.05) is 19.4 Å². The molecule has 0 heterocycles. The van der Waals surface area contributed by atoms with Gasteiger partial charge in [-0.15, -0.1) is 24.7 Å². The van der Waals surface area contributed by atoms with E-state index in [4.69, 9.17) is 18.0 Å². The molecule has 0 unspecified atom stereocenters. The molecule has 0 aromatic heterocycles. The van der Waals surface area contributed by atoms with Crippen LogP contribution in [0.1, 0.15) is 32.6 Å². The van der Waals surface area contributed by atoms with Crippen molar-refractivity contribution < 1.29 is 5.11 Å². The second-order valence-electron chi connectivity index (χ2n) is 2.34. The summed E-state index contributed by atoms with van der Waals surface area (Å²) in [6, 6.07) is 0. The monoisotopic (exact) mass is 178 g/mol. The van der Waals surface area contributed by atoms with Gasteiger partial charge >= 0.3 is 0 Å². The van der Waals surface area contributed by atoms with E-state index in [9.17, 15) is 0 Å². The number of terminal acetylenes is 2. The summed E-state index contributed by atoms with van der Waals surface area (Å²) in [5, 5.41) is 8.10. The van der Waals surface area contributed by atoms with Gasteiger partial charge < -0.3 is 5.11 Å². The molecule has 0 rings (SSSR count). The van der Waals surface area contributed by atoms with Gasteiger partial charge in [0.25, 0.3) is 0 Å². The van der Waals surface area contributed by atoms with Crippen molar-refractivity contribution in [1.29, 1.82) is 0 Å². The van der Waals surface area contributed by atoms with Crippen LogP contribution < -0.4 is 0 Å². The lowest BCUT2D eigenvalue weighted by atomic mass is 10.3. The zero-order chi connectivity index (χ0) is 10.4. The van der Waals surface area contributed by atoms with Crippen LogP contribution in [0.25, 0.3) is 0 Å². The Labute approximate surface area is 81.9 Å². The van der Waals surface area contributed by atoms with Crippen molar-refractivity contribution >= 4 is 0 Å². The van der Waals surface area contributed by atoms with E-state index >= 15 is 0 Å². The van der Waals surface area contributed by atoms with Crippen LogP contribution in [0, 0.1) is 24.7 Å². The summed E-state index contributed by atoms with van der Waals surface area (Å²) in [6.45, 7) is 2.21. The summed E-state index contributed by atoms with van der Waals surface area (Å²) in [6.07, 6.45) is 17.2. The molecule has 1 heteroatoms. The zero-order valence-corrected chi connectivity index (χ0v) is 8.29. The lowest BCUT2D eigenvalue weighted by molar-refractivity contribution is 0.290. The fraction of sp³-hybridized carbons (Fsp3) is 0.500. The quantitative estimate of drug-likeness (QED) is 0.398. The Morgan fingerprint density at radius 2 is 1.85 bits per heavy atom. The van der Waals surface area contributed by atoms with Gasteiger partial charge in [0.2, 0.25) is 0 Å². The Morgan fingerprint density at radius 3 is 2.15 bits per heavy atom. The molecule has 1 nitrogen and oxygen atoms in total. The van der Waals surface area contributed by atoms with Crippen LogP contribution in [0.3, 0.4) is 0 Å². The van der Waals surface area contributed by atoms with Crippen molar-refractivity contribution in [2.75, 3.05) is 6.61 Å². The maximum absolute atomic E-state index is 8.10. The molecule has 72 valence electrons. The van der Waals surface area contributed by atoms with Gasteiger partial charge in [-0.25, -0.2) is 0 Å². The molecule has 13 heavy (non-hydrogen) atoms. The highest BCUT2D eigenvalue weighted by Gasteiger charge is 1.72. The Bertz CT molecular complexity index is 178. The summed E-state index contributed by atoms with van der Waals surface area (Å²) in [5.74, 6) is 4.96. The number of aliphatic hydroxyl groups is 1. The summed E-state index contributed by atoms with van der Waals surface area (Å²) >= 11 is 0. The molecule has 0 aliphatic heterocycles. The third-order valence-electron chi connectivity index (χ3n) is 1.17. The van der Waals surface area contributed by atoms with E-state index in [1.165, 1.54) is 0 Å². The SMILES string of the molecule is C#CCC/C=C/C.C#CCCCO. The number of unbranched alkanes of at least 4 members (excludes halogenated alkanes) is 2. The van der Waals surface area contributed by atoms with Crippen LogP contribution in [-0.2, 0) is 0 Å². The maximum atomic E-state index is 8.10. The fourth-order valence-corrected chi connectivity index (χ4v) is 0.514. The van der Waals surface area contributed by atoms with Crippen molar-refractivity contribution in [2.45, 2.75) is 32.6 Å². The topological polar surface area (TPSA) is 20.2 Å². The first-order valence-electron chi connectivity index (χ1n) is 4.42. The van der Waals surface area contributed by atoms with Gasteiger partial charge in [0.15, 0.2) is 0 Å². The van der Waals surface area contributed by atoms with E-state index in [1.54, 1.807) is 0 Å². The second-order valence-corrected chi connectivity index (χ2v) is 2.34. The van der Waals surface area contributed by atoms with Crippen LogP contribution in [0.2, 0.25) is 0 Å². The largest absolute Gasteiger partial charge is 0.396 e. The molecule has 0 aromatic carbocycles. The van der Waals surface area contributed by atoms with Crippen LogP contribution in [0.5, 0.6) is 0 Å². The molecule has 0 saturated heterocycles. The van der Waals surface area contributed by atoms with Crippen LogP contribution in [0.15, 0.2) is 12.2 Å². The number of allylic oxidation sites excluding steroid dienone is 2. The normalized spacial score (nSPS) is 8.31. The highest BCUT2D eigenvalue weighted by molar-refractivity contribution is 4.88. The Hall–Kier alpha value is -1.18. The Morgan fingerprint density at radius 1 is 1.23 bits per heavy atom. The average Bonchev–Trinajstić information content (AvgIpc) is 2.17. The lowest BCUT2D eigenvalue weighted by Gasteiger charge is -1.79. The van der Waals surface area contributed by atoms with Crippen molar-refractivity contribution in [3.63, 3.8) is 0 Å². The summed E-state index contributed by atoms with van der Waals surface area (Å²) < 4.78 is 0. The van der Waals surface area contributed by atoms with Crippen LogP contribution in [-0.4, -0.2) is 11.7 Å². The number of hydrogen-bond donors (Lipinski definition) is 1. The van der Waals surface area contributed by atoms with E-state index in [-0.39, 0.29) is 6.61 Å². The van der Waals surface area contributed by atoms with Gasteiger partial charge in [0.05, 0.1) is 0 Å². The minimum Gasteiger partial charge on any atom is -0.396 e.